The first-order valence-electron chi connectivity index (χ1n) is 13.3. The summed E-state index contributed by atoms with van der Waals surface area (Å²) < 4.78 is 18.3. The number of carbonyl (C=O) groups is 3. The number of carboxylic acid groups (broad SMARTS) is 1. The lowest BCUT2D eigenvalue weighted by Gasteiger charge is -2.32. The molecule has 11 heteroatoms. The second kappa shape index (κ2) is 16.6. The van der Waals surface area contributed by atoms with Crippen molar-refractivity contribution in [3.05, 3.63) is 75.3 Å². The van der Waals surface area contributed by atoms with Crippen molar-refractivity contribution in [2.24, 2.45) is 17.2 Å². The van der Waals surface area contributed by atoms with E-state index in [2.05, 4.69) is 19.2 Å². The number of hydrogen-bond donors (Lipinski definition) is 5. The van der Waals surface area contributed by atoms with Crippen molar-refractivity contribution < 1.29 is 28.6 Å². The predicted octanol–water partition coefficient (Wildman–Crippen LogP) is 4.94. The van der Waals surface area contributed by atoms with Crippen LogP contribution in [0.2, 0.25) is 5.02 Å². The summed E-state index contributed by atoms with van der Waals surface area (Å²) in [5.41, 5.74) is 19.2. The van der Waals surface area contributed by atoms with Gasteiger partial charge in [-0.3, -0.25) is 14.4 Å². The molecule has 0 saturated heterocycles. The molecule has 41 heavy (non-hydrogen) atoms. The van der Waals surface area contributed by atoms with E-state index in [-0.39, 0.29) is 22.0 Å². The van der Waals surface area contributed by atoms with E-state index in [4.69, 9.17) is 38.6 Å². The summed E-state index contributed by atoms with van der Waals surface area (Å²) in [7, 11) is 0. The summed E-state index contributed by atoms with van der Waals surface area (Å²) in [5, 5.41) is 11.5. The van der Waals surface area contributed by atoms with Gasteiger partial charge >= 0.3 is 5.97 Å². The van der Waals surface area contributed by atoms with Crippen LogP contribution in [0.4, 0.5) is 4.39 Å². The lowest BCUT2D eigenvalue weighted by molar-refractivity contribution is -0.138. The SMILES string of the molecule is CC(=O)c1ccc2c(c1)CCC(C)(C)O2.CC/C(C)=C(\N)NCCC[C@H](N)C(=O)O.NC(=O)c1ccc(F)c(Cl)c1. The Labute approximate surface area is 246 Å². The number of nitrogens with one attached hydrogen (secondary N) is 1. The molecule has 0 bridgehead atoms. The number of amides is 1. The molecule has 0 aliphatic carbocycles. The molecule has 1 heterocycles. The molecule has 9 nitrogen and oxygen atoms in total. The molecule has 3 rings (SSSR count). The lowest BCUT2D eigenvalue weighted by atomic mass is 9.93. The Morgan fingerprint density at radius 3 is 2.29 bits per heavy atom. The number of Topliss-reactive ketones (excluding diaryl/α,β-unsaturated/α-hetero) is 1. The van der Waals surface area contributed by atoms with Crippen LogP contribution in [-0.4, -0.2) is 41.0 Å². The van der Waals surface area contributed by atoms with Gasteiger partial charge in [-0.25, -0.2) is 4.39 Å². The third kappa shape index (κ3) is 12.6. The fraction of sp³-hybridized carbons (Fsp3) is 0.433. The van der Waals surface area contributed by atoms with E-state index in [1.165, 1.54) is 12.1 Å². The van der Waals surface area contributed by atoms with Crippen LogP contribution in [0.3, 0.4) is 0 Å². The Hall–Kier alpha value is -3.63. The van der Waals surface area contributed by atoms with Crippen molar-refractivity contribution in [1.82, 2.24) is 5.32 Å². The van der Waals surface area contributed by atoms with E-state index in [9.17, 15) is 18.8 Å². The predicted molar refractivity (Wildman–Crippen MR) is 159 cm³/mol. The number of ketones is 1. The first-order chi connectivity index (χ1) is 19.1. The summed E-state index contributed by atoms with van der Waals surface area (Å²) in [6.07, 6.45) is 4.06. The molecule has 0 aromatic heterocycles. The van der Waals surface area contributed by atoms with E-state index >= 15 is 0 Å². The van der Waals surface area contributed by atoms with Gasteiger partial charge in [-0.15, -0.1) is 0 Å². The number of aliphatic carboxylic acids is 1. The lowest BCUT2D eigenvalue weighted by Crippen LogP contribution is -2.32. The molecule has 1 aliphatic rings. The molecule has 2 aromatic rings. The quantitative estimate of drug-likeness (QED) is 0.201. The Morgan fingerprint density at radius 2 is 1.76 bits per heavy atom. The number of carboxylic acids is 1. The number of halogens is 2. The Bertz CT molecular complexity index is 1250. The third-order valence-corrected chi connectivity index (χ3v) is 6.66. The van der Waals surface area contributed by atoms with E-state index in [0.29, 0.717) is 25.2 Å². The number of ether oxygens (including phenoxy) is 1. The van der Waals surface area contributed by atoms with Gasteiger partial charge in [0.05, 0.1) is 10.8 Å². The Balaban J connectivity index is 0.000000312. The number of fused-ring (bicyclic) bond motifs is 1. The fourth-order valence-corrected chi connectivity index (χ4v) is 3.72. The van der Waals surface area contributed by atoms with Crippen molar-refractivity contribution in [3.8, 4) is 5.75 Å². The number of aryl methyl sites for hydroxylation is 1. The number of nitrogens with two attached hydrogens (primary N) is 3. The van der Waals surface area contributed by atoms with Gasteiger partial charge in [0, 0.05) is 17.7 Å². The fourth-order valence-electron chi connectivity index (χ4n) is 3.54. The van der Waals surface area contributed by atoms with Crippen molar-refractivity contribution in [2.45, 2.75) is 78.4 Å². The first-order valence-corrected chi connectivity index (χ1v) is 13.7. The topological polar surface area (TPSA) is 171 Å². The van der Waals surface area contributed by atoms with Crippen molar-refractivity contribution in [3.63, 3.8) is 0 Å². The van der Waals surface area contributed by atoms with Gasteiger partial charge in [-0.1, -0.05) is 18.5 Å². The van der Waals surface area contributed by atoms with Crippen LogP contribution in [0.25, 0.3) is 0 Å². The molecule has 1 amide bonds. The maximum absolute atomic E-state index is 12.5. The van der Waals surface area contributed by atoms with Crippen LogP contribution in [0.15, 0.2) is 47.8 Å². The third-order valence-electron chi connectivity index (χ3n) is 6.37. The van der Waals surface area contributed by atoms with Gasteiger partial charge in [-0.2, -0.15) is 0 Å². The number of hydrogen-bond acceptors (Lipinski definition) is 7. The minimum absolute atomic E-state index is 0.0786. The van der Waals surface area contributed by atoms with Crippen LogP contribution >= 0.6 is 11.6 Å². The monoisotopic (exact) mass is 592 g/mol. The normalized spacial score (nSPS) is 14.3. The van der Waals surface area contributed by atoms with Crippen LogP contribution in [0.5, 0.6) is 5.75 Å². The first kappa shape index (κ1) is 35.4. The Morgan fingerprint density at radius 1 is 1.12 bits per heavy atom. The van der Waals surface area contributed by atoms with E-state index in [0.717, 1.165) is 47.8 Å². The number of carbonyl (C=O) groups excluding carboxylic acids is 2. The number of benzene rings is 2. The molecule has 0 saturated carbocycles. The summed E-state index contributed by atoms with van der Waals surface area (Å²) >= 11 is 5.38. The molecule has 0 spiro atoms. The second-order valence-electron chi connectivity index (χ2n) is 10.3. The van der Waals surface area contributed by atoms with Gasteiger partial charge < -0.3 is 32.4 Å². The van der Waals surface area contributed by atoms with Crippen molar-refractivity contribution >= 4 is 29.3 Å². The van der Waals surface area contributed by atoms with Crippen LogP contribution in [-0.2, 0) is 11.2 Å². The summed E-state index contributed by atoms with van der Waals surface area (Å²) in [4.78, 5) is 32.1. The zero-order chi connectivity index (χ0) is 31.3. The molecule has 226 valence electrons. The maximum atomic E-state index is 12.5. The molecule has 2 aromatic carbocycles. The summed E-state index contributed by atoms with van der Waals surface area (Å²) in [6.45, 7) is 10.4. The maximum Gasteiger partial charge on any atom is 0.320 e. The highest BCUT2D eigenvalue weighted by molar-refractivity contribution is 6.31. The largest absolute Gasteiger partial charge is 0.488 e. The van der Waals surface area contributed by atoms with Crippen LogP contribution in [0.1, 0.15) is 86.6 Å². The molecule has 8 N–H and O–H groups in total. The summed E-state index contributed by atoms with van der Waals surface area (Å²) in [5.74, 6) is -0.410. The van der Waals surface area contributed by atoms with E-state index in [1.807, 2.05) is 32.0 Å². The second-order valence-corrected chi connectivity index (χ2v) is 10.7. The minimum atomic E-state index is -0.955. The molecular weight excluding hydrogens is 551 g/mol. The molecule has 0 radical (unpaired) electrons. The molecule has 1 atom stereocenters. The van der Waals surface area contributed by atoms with Gasteiger partial charge in [0.15, 0.2) is 5.78 Å². The van der Waals surface area contributed by atoms with Crippen molar-refractivity contribution in [2.75, 3.05) is 6.54 Å². The zero-order valence-electron chi connectivity index (χ0n) is 24.4. The molecule has 0 unspecified atom stereocenters. The highest BCUT2D eigenvalue weighted by Crippen LogP contribution is 2.33. The minimum Gasteiger partial charge on any atom is -0.488 e. The molecule has 1 aliphatic heterocycles. The molecule has 0 fully saturated rings. The van der Waals surface area contributed by atoms with Gasteiger partial charge in [0.1, 0.15) is 23.2 Å². The van der Waals surface area contributed by atoms with E-state index in [1.54, 1.807) is 6.92 Å². The zero-order valence-corrected chi connectivity index (χ0v) is 25.1. The highest BCUT2D eigenvalue weighted by atomic mass is 35.5. The highest BCUT2D eigenvalue weighted by Gasteiger charge is 2.26. The van der Waals surface area contributed by atoms with Gasteiger partial charge in [0.25, 0.3) is 0 Å². The number of primary amides is 1. The average Bonchev–Trinajstić information content (AvgIpc) is 2.91. The standard InChI is InChI=1S/C13H16O2.C10H21N3O2.C7H5ClFNO/c1-9(14)10-4-5-12-11(8-10)6-7-13(2,3)15-12;1-3-7(2)9(12)13-6-4-5-8(11)10(14)15;8-5-3-4(7(10)11)1-2-6(5)9/h4-5,8H,6-7H2,1-3H3;8,13H,3-6,11-12H2,1-2H3,(H,14,15);1-3H,(H2,10,11)/b;9-7+;/t;8-;/m.0./s1. The van der Waals surface area contributed by atoms with E-state index < -0.39 is 23.7 Å². The number of rotatable bonds is 9. The van der Waals surface area contributed by atoms with Crippen LogP contribution in [0, 0.1) is 5.82 Å². The van der Waals surface area contributed by atoms with Crippen LogP contribution < -0.4 is 27.3 Å². The van der Waals surface area contributed by atoms with Gasteiger partial charge in [0.2, 0.25) is 5.91 Å². The van der Waals surface area contributed by atoms with Gasteiger partial charge in [-0.05, 0) is 107 Å². The number of allylic oxidation sites excluding steroid dienone is 1. The van der Waals surface area contributed by atoms with Crippen molar-refractivity contribution in [1.29, 1.82) is 0 Å². The molecular formula is C30H42ClFN4O5. The Kier molecular flexibility index (Phi) is 14.3. The summed E-state index contributed by atoms with van der Waals surface area (Å²) in [6, 6.07) is 8.50. The smallest absolute Gasteiger partial charge is 0.320 e. The average molecular weight is 593 g/mol.